The van der Waals surface area contributed by atoms with Crippen molar-refractivity contribution in [1.29, 1.82) is 0 Å². The van der Waals surface area contributed by atoms with Gasteiger partial charge in [0.05, 0.1) is 0 Å². The highest BCUT2D eigenvalue weighted by Gasteiger charge is 2.17. The zero-order valence-electron chi connectivity index (χ0n) is 12.5. The summed E-state index contributed by atoms with van der Waals surface area (Å²) in [5.41, 5.74) is 7.76. The molecule has 1 atom stereocenters. The van der Waals surface area contributed by atoms with Crippen LogP contribution in [0.15, 0.2) is 24.3 Å². The molecule has 0 saturated carbocycles. The van der Waals surface area contributed by atoms with Crippen molar-refractivity contribution in [3.8, 4) is 0 Å². The molecule has 1 amide bonds. The molecule has 19 heavy (non-hydrogen) atoms. The third kappa shape index (κ3) is 4.67. The van der Waals surface area contributed by atoms with Gasteiger partial charge in [-0.2, -0.15) is 0 Å². The lowest BCUT2D eigenvalue weighted by Gasteiger charge is -2.21. The van der Waals surface area contributed by atoms with E-state index >= 15 is 0 Å². The molecule has 0 aliphatic rings. The molecule has 3 heteroatoms. The van der Waals surface area contributed by atoms with Gasteiger partial charge in [-0.05, 0) is 43.0 Å². The number of amides is 1. The van der Waals surface area contributed by atoms with Gasteiger partial charge in [0.15, 0.2) is 0 Å². The molecular formula is C16H26N2O. The van der Waals surface area contributed by atoms with E-state index < -0.39 is 0 Å². The summed E-state index contributed by atoms with van der Waals surface area (Å²) in [6, 6.07) is 8.25. The number of hydrogen-bond donors (Lipinski definition) is 1. The van der Waals surface area contributed by atoms with Crippen LogP contribution in [0.2, 0.25) is 0 Å². The number of nitrogens with zero attached hydrogens (tertiary/aromatic N) is 1. The smallest absolute Gasteiger partial charge is 0.229 e. The van der Waals surface area contributed by atoms with Crippen molar-refractivity contribution in [2.75, 3.05) is 18.5 Å². The maximum absolute atomic E-state index is 12.2. The van der Waals surface area contributed by atoms with Crippen LogP contribution in [0.1, 0.15) is 32.8 Å². The van der Waals surface area contributed by atoms with Crippen LogP contribution in [0.4, 0.5) is 5.69 Å². The van der Waals surface area contributed by atoms with Gasteiger partial charge in [-0.1, -0.05) is 32.9 Å². The fourth-order valence-corrected chi connectivity index (χ4v) is 2.16. The number of carbonyl (C=O) groups is 1. The summed E-state index contributed by atoms with van der Waals surface area (Å²) < 4.78 is 0. The number of rotatable bonds is 6. The average Bonchev–Trinajstić information content (AvgIpc) is 2.37. The van der Waals surface area contributed by atoms with Crippen LogP contribution in [0.3, 0.4) is 0 Å². The van der Waals surface area contributed by atoms with E-state index in [1.54, 1.807) is 4.90 Å². The summed E-state index contributed by atoms with van der Waals surface area (Å²) in [7, 11) is 1.83. The highest BCUT2D eigenvalue weighted by atomic mass is 16.2. The van der Waals surface area contributed by atoms with Crippen LogP contribution in [-0.2, 0) is 11.2 Å². The first-order valence-electron chi connectivity index (χ1n) is 7.02. The van der Waals surface area contributed by atoms with Crippen LogP contribution in [0, 0.1) is 11.8 Å². The Hall–Kier alpha value is -1.35. The Bertz CT molecular complexity index is 398. The normalized spacial score (nSPS) is 12.5. The summed E-state index contributed by atoms with van der Waals surface area (Å²) in [5.74, 6) is 0.752. The summed E-state index contributed by atoms with van der Waals surface area (Å²) >= 11 is 0. The molecule has 1 rings (SSSR count). The topological polar surface area (TPSA) is 46.3 Å². The number of anilines is 1. The fraction of sp³-hybridized carbons (Fsp3) is 0.562. The summed E-state index contributed by atoms with van der Waals surface area (Å²) in [6.07, 6.45) is 1.80. The Labute approximate surface area is 116 Å². The van der Waals surface area contributed by atoms with Crippen molar-refractivity contribution in [2.45, 2.75) is 33.6 Å². The fourth-order valence-electron chi connectivity index (χ4n) is 2.16. The van der Waals surface area contributed by atoms with Crippen LogP contribution >= 0.6 is 0 Å². The second kappa shape index (κ2) is 7.29. The van der Waals surface area contributed by atoms with Gasteiger partial charge in [-0.3, -0.25) is 4.79 Å². The van der Waals surface area contributed by atoms with Crippen LogP contribution < -0.4 is 10.6 Å². The molecule has 0 saturated heterocycles. The molecule has 0 radical (unpaired) electrons. The van der Waals surface area contributed by atoms with Crippen molar-refractivity contribution in [3.05, 3.63) is 29.8 Å². The van der Waals surface area contributed by atoms with Gasteiger partial charge in [-0.25, -0.2) is 0 Å². The van der Waals surface area contributed by atoms with Crippen molar-refractivity contribution in [2.24, 2.45) is 17.6 Å². The lowest BCUT2D eigenvalue weighted by atomic mass is 10.0. The molecule has 0 aromatic heterocycles. The molecule has 106 valence electrons. The number of benzene rings is 1. The summed E-state index contributed by atoms with van der Waals surface area (Å²) in [4.78, 5) is 13.9. The Kier molecular flexibility index (Phi) is 6.03. The minimum Gasteiger partial charge on any atom is -0.330 e. The van der Waals surface area contributed by atoms with Crippen molar-refractivity contribution < 1.29 is 4.79 Å². The van der Waals surface area contributed by atoms with Gasteiger partial charge in [0, 0.05) is 18.7 Å². The predicted octanol–water partition coefficient (Wildman–Crippen LogP) is 2.83. The van der Waals surface area contributed by atoms with Crippen LogP contribution in [-0.4, -0.2) is 19.5 Å². The zero-order valence-corrected chi connectivity index (χ0v) is 12.5. The lowest BCUT2D eigenvalue weighted by molar-refractivity contribution is -0.121. The van der Waals surface area contributed by atoms with Gasteiger partial charge in [0.1, 0.15) is 0 Å². The molecule has 0 fully saturated rings. The molecule has 0 spiro atoms. The van der Waals surface area contributed by atoms with E-state index in [-0.39, 0.29) is 11.8 Å². The SMILES string of the molecule is CC(C)Cc1ccc(N(C)C(=O)C(C)CCN)cc1. The molecule has 1 aromatic rings. The van der Waals surface area contributed by atoms with Gasteiger partial charge in [-0.15, -0.1) is 0 Å². The van der Waals surface area contributed by atoms with Crippen molar-refractivity contribution >= 4 is 11.6 Å². The molecule has 0 heterocycles. The van der Waals surface area contributed by atoms with E-state index in [1.807, 2.05) is 26.1 Å². The largest absolute Gasteiger partial charge is 0.330 e. The first-order valence-corrected chi connectivity index (χ1v) is 7.02. The molecule has 3 nitrogen and oxygen atoms in total. The van der Waals surface area contributed by atoms with Gasteiger partial charge < -0.3 is 10.6 Å². The van der Waals surface area contributed by atoms with Crippen molar-refractivity contribution in [3.63, 3.8) is 0 Å². The summed E-state index contributed by atoms with van der Waals surface area (Å²) in [6.45, 7) is 6.89. The quantitative estimate of drug-likeness (QED) is 0.857. The Morgan fingerprint density at radius 2 is 1.79 bits per heavy atom. The van der Waals surface area contributed by atoms with E-state index in [0.29, 0.717) is 12.5 Å². The first kappa shape index (κ1) is 15.7. The Morgan fingerprint density at radius 1 is 1.21 bits per heavy atom. The summed E-state index contributed by atoms with van der Waals surface area (Å²) in [5, 5.41) is 0. The van der Waals surface area contributed by atoms with Crippen LogP contribution in [0.5, 0.6) is 0 Å². The lowest BCUT2D eigenvalue weighted by Crippen LogP contribution is -2.32. The minimum atomic E-state index is -0.0228. The third-order valence-corrected chi connectivity index (χ3v) is 3.32. The molecule has 1 unspecified atom stereocenters. The maximum Gasteiger partial charge on any atom is 0.229 e. The Balaban J connectivity index is 2.72. The Morgan fingerprint density at radius 3 is 2.26 bits per heavy atom. The number of carbonyl (C=O) groups excluding carboxylic acids is 1. The zero-order chi connectivity index (χ0) is 14.4. The standard InChI is InChI=1S/C16H26N2O/c1-12(2)11-14-5-7-15(8-6-14)18(4)16(19)13(3)9-10-17/h5-8,12-13H,9-11,17H2,1-4H3. The van der Waals surface area contributed by atoms with Crippen molar-refractivity contribution in [1.82, 2.24) is 0 Å². The van der Waals surface area contributed by atoms with E-state index in [4.69, 9.17) is 5.73 Å². The molecule has 0 aliphatic carbocycles. The van der Waals surface area contributed by atoms with E-state index in [1.165, 1.54) is 5.56 Å². The first-order chi connectivity index (χ1) is 8.95. The molecule has 1 aromatic carbocycles. The highest BCUT2D eigenvalue weighted by Crippen LogP contribution is 2.18. The third-order valence-electron chi connectivity index (χ3n) is 3.32. The van der Waals surface area contributed by atoms with Gasteiger partial charge in [0.25, 0.3) is 0 Å². The number of hydrogen-bond acceptors (Lipinski definition) is 2. The van der Waals surface area contributed by atoms with E-state index in [2.05, 4.69) is 26.0 Å². The van der Waals surface area contributed by atoms with Crippen LogP contribution in [0.25, 0.3) is 0 Å². The second-order valence-electron chi connectivity index (χ2n) is 5.64. The number of nitrogens with two attached hydrogens (primary N) is 1. The van der Waals surface area contributed by atoms with Gasteiger partial charge in [0.2, 0.25) is 5.91 Å². The molecule has 2 N–H and O–H groups in total. The average molecular weight is 262 g/mol. The second-order valence-corrected chi connectivity index (χ2v) is 5.64. The molecular weight excluding hydrogens is 236 g/mol. The monoisotopic (exact) mass is 262 g/mol. The van der Waals surface area contributed by atoms with Gasteiger partial charge >= 0.3 is 0 Å². The molecule has 0 bridgehead atoms. The highest BCUT2D eigenvalue weighted by molar-refractivity contribution is 5.94. The maximum atomic E-state index is 12.2. The minimum absolute atomic E-state index is 0.0228. The predicted molar refractivity (Wildman–Crippen MR) is 81.2 cm³/mol. The van der Waals surface area contributed by atoms with E-state index in [9.17, 15) is 4.79 Å². The van der Waals surface area contributed by atoms with E-state index in [0.717, 1.165) is 18.5 Å². The molecule has 0 aliphatic heterocycles.